The molecule has 2 saturated heterocycles. The highest BCUT2D eigenvalue weighted by Gasteiger charge is 2.35. The summed E-state index contributed by atoms with van der Waals surface area (Å²) in [6.45, 7) is 2.78. The van der Waals surface area contributed by atoms with E-state index in [9.17, 15) is 22.8 Å². The second kappa shape index (κ2) is 9.66. The van der Waals surface area contributed by atoms with E-state index in [4.69, 9.17) is 5.73 Å². The van der Waals surface area contributed by atoms with Crippen LogP contribution in [0.15, 0.2) is 30.6 Å². The average Bonchev–Trinajstić information content (AvgIpc) is 3.41. The fourth-order valence-electron chi connectivity index (χ4n) is 5.04. The van der Waals surface area contributed by atoms with Crippen molar-refractivity contribution in [2.24, 2.45) is 0 Å². The molecule has 2 atom stereocenters. The maximum atomic E-state index is 14.3. The smallest absolute Gasteiger partial charge is 0.251 e. The Balaban J connectivity index is 1.45. The highest BCUT2D eigenvalue weighted by Crippen LogP contribution is 2.32. The molecule has 2 unspecified atom stereocenters. The zero-order valence-corrected chi connectivity index (χ0v) is 20.3. The molecule has 0 spiro atoms. The number of carbonyl (C=O) groups excluding carboxylic acids is 2. The average molecular weight is 516 g/mol. The number of amides is 2. The van der Waals surface area contributed by atoms with Gasteiger partial charge in [-0.1, -0.05) is 12.1 Å². The van der Waals surface area contributed by atoms with Crippen molar-refractivity contribution in [1.82, 2.24) is 29.7 Å². The van der Waals surface area contributed by atoms with Crippen molar-refractivity contribution in [3.8, 4) is 11.3 Å². The third-order valence-electron chi connectivity index (χ3n) is 7.16. The zero-order chi connectivity index (χ0) is 26.3. The highest BCUT2D eigenvalue weighted by atomic mass is 19.3. The van der Waals surface area contributed by atoms with Gasteiger partial charge in [-0.25, -0.2) is 22.7 Å². The van der Waals surface area contributed by atoms with Gasteiger partial charge in [0.05, 0.1) is 18.3 Å². The van der Waals surface area contributed by atoms with Gasteiger partial charge in [-0.15, -0.1) is 0 Å². The fourth-order valence-corrected chi connectivity index (χ4v) is 5.04. The molecule has 0 saturated carbocycles. The van der Waals surface area contributed by atoms with Gasteiger partial charge in [-0.2, -0.15) is 5.10 Å². The first-order valence-electron chi connectivity index (χ1n) is 12.1. The molecule has 3 aromatic rings. The minimum absolute atomic E-state index is 0.0534. The van der Waals surface area contributed by atoms with Crippen molar-refractivity contribution >= 4 is 23.7 Å². The molecule has 0 radical (unpaired) electrons. The van der Waals surface area contributed by atoms with E-state index in [1.165, 1.54) is 11.2 Å². The number of nitrogens with one attached hydrogen (secondary N) is 1. The molecule has 37 heavy (non-hydrogen) atoms. The van der Waals surface area contributed by atoms with E-state index < -0.39 is 24.0 Å². The van der Waals surface area contributed by atoms with Crippen LogP contribution in [0.5, 0.6) is 0 Å². The maximum Gasteiger partial charge on any atom is 0.251 e. The number of anilines is 1. The van der Waals surface area contributed by atoms with Crippen LogP contribution in [0.2, 0.25) is 0 Å². The van der Waals surface area contributed by atoms with E-state index in [0.717, 1.165) is 5.56 Å². The van der Waals surface area contributed by atoms with E-state index in [-0.39, 0.29) is 44.8 Å². The summed E-state index contributed by atoms with van der Waals surface area (Å²) in [6.07, 6.45) is 0.171. The van der Waals surface area contributed by atoms with E-state index in [2.05, 4.69) is 15.4 Å². The summed E-state index contributed by atoms with van der Waals surface area (Å²) in [4.78, 5) is 31.4. The number of nitrogens with two attached hydrogens (primary N) is 1. The summed E-state index contributed by atoms with van der Waals surface area (Å²) in [5.41, 5.74) is 9.97. The van der Waals surface area contributed by atoms with Crippen LogP contribution >= 0.6 is 0 Å². The van der Waals surface area contributed by atoms with Crippen LogP contribution in [0.25, 0.3) is 16.8 Å². The van der Waals surface area contributed by atoms with Crippen molar-refractivity contribution in [3.05, 3.63) is 47.3 Å². The van der Waals surface area contributed by atoms with E-state index >= 15 is 0 Å². The lowest BCUT2D eigenvalue weighted by molar-refractivity contribution is -0.117. The normalized spacial score (nSPS) is 21.9. The van der Waals surface area contributed by atoms with Crippen LogP contribution in [0.1, 0.15) is 34.3 Å². The van der Waals surface area contributed by atoms with Gasteiger partial charge >= 0.3 is 0 Å². The van der Waals surface area contributed by atoms with Crippen LogP contribution in [0.4, 0.5) is 19.0 Å². The molecule has 0 aliphatic carbocycles. The quantitative estimate of drug-likeness (QED) is 0.488. The van der Waals surface area contributed by atoms with Gasteiger partial charge in [0.1, 0.15) is 18.0 Å². The predicted octanol–water partition coefficient (Wildman–Crippen LogP) is 2.43. The monoisotopic (exact) mass is 515 g/mol. The van der Waals surface area contributed by atoms with Gasteiger partial charge in [0.25, 0.3) is 11.8 Å². The standard InChI is InChI=1S/C25H28F3N7O2/c1-15-2-3-16(8-18(15)24(37)32-20-12-34(14-36)11-19(20)26)21-9-17(22-23(29)30-13-31-35(21)22)10-33-6-4-25(27,28)5-7-33/h2-3,8-9,13-14,19-20H,4-7,10-12H2,1H3,(H,32,37)(H2,29,30,31). The number of halogens is 3. The summed E-state index contributed by atoms with van der Waals surface area (Å²) < 4.78 is 43.2. The first-order valence-corrected chi connectivity index (χ1v) is 12.1. The molecule has 4 heterocycles. The molecule has 2 amide bonds. The van der Waals surface area contributed by atoms with Crippen molar-refractivity contribution in [2.75, 3.05) is 31.9 Å². The topological polar surface area (TPSA) is 109 Å². The molecular weight excluding hydrogens is 487 g/mol. The van der Waals surface area contributed by atoms with Gasteiger partial charge in [0, 0.05) is 50.1 Å². The number of hydrogen-bond acceptors (Lipinski definition) is 6. The Morgan fingerprint density at radius 3 is 2.70 bits per heavy atom. The number of piperidine rings is 1. The number of benzene rings is 1. The second-order valence-electron chi connectivity index (χ2n) is 9.78. The number of alkyl halides is 3. The summed E-state index contributed by atoms with van der Waals surface area (Å²) >= 11 is 0. The highest BCUT2D eigenvalue weighted by molar-refractivity contribution is 5.97. The van der Waals surface area contributed by atoms with Crippen molar-refractivity contribution in [3.63, 3.8) is 0 Å². The summed E-state index contributed by atoms with van der Waals surface area (Å²) in [5.74, 6) is -2.82. The first kappa shape index (κ1) is 25.0. The summed E-state index contributed by atoms with van der Waals surface area (Å²) in [7, 11) is 0. The minimum Gasteiger partial charge on any atom is -0.382 e. The Hall–Kier alpha value is -3.67. The molecule has 2 aliphatic rings. The van der Waals surface area contributed by atoms with E-state index in [1.54, 1.807) is 23.6 Å². The van der Waals surface area contributed by atoms with Gasteiger partial charge in [0.15, 0.2) is 5.82 Å². The molecule has 0 bridgehead atoms. The third kappa shape index (κ3) is 4.97. The van der Waals surface area contributed by atoms with Crippen LogP contribution in [-0.4, -0.2) is 81.0 Å². The van der Waals surface area contributed by atoms with Crippen molar-refractivity contribution in [2.45, 2.75) is 44.4 Å². The molecule has 196 valence electrons. The molecule has 9 nitrogen and oxygen atoms in total. The van der Waals surface area contributed by atoms with Crippen molar-refractivity contribution < 1.29 is 22.8 Å². The number of nitrogens with zero attached hydrogens (tertiary/aromatic N) is 5. The van der Waals surface area contributed by atoms with Gasteiger partial charge in [-0.3, -0.25) is 14.5 Å². The maximum absolute atomic E-state index is 14.3. The third-order valence-corrected chi connectivity index (χ3v) is 7.16. The fraction of sp³-hybridized carbons (Fsp3) is 0.440. The Morgan fingerprint density at radius 2 is 2.00 bits per heavy atom. The number of fused-ring (bicyclic) bond motifs is 1. The van der Waals surface area contributed by atoms with Crippen molar-refractivity contribution in [1.29, 1.82) is 0 Å². The summed E-state index contributed by atoms with van der Waals surface area (Å²) in [6, 6.07) is 6.44. The number of hydrogen-bond donors (Lipinski definition) is 2. The predicted molar refractivity (Wildman–Crippen MR) is 131 cm³/mol. The van der Waals surface area contributed by atoms with Gasteiger partial charge in [-0.05, 0) is 30.2 Å². The number of aromatic nitrogens is 3. The number of rotatable bonds is 6. The lowest BCUT2D eigenvalue weighted by Crippen LogP contribution is -2.41. The van der Waals surface area contributed by atoms with Gasteiger partial charge < -0.3 is 16.0 Å². The Morgan fingerprint density at radius 1 is 1.24 bits per heavy atom. The molecule has 2 fully saturated rings. The molecule has 2 aliphatic heterocycles. The van der Waals surface area contributed by atoms with Crippen LogP contribution in [0, 0.1) is 6.92 Å². The van der Waals surface area contributed by atoms with Gasteiger partial charge in [0.2, 0.25) is 6.41 Å². The molecule has 5 rings (SSSR count). The molecule has 1 aromatic carbocycles. The SMILES string of the molecule is Cc1ccc(-c2cc(CN3CCC(F)(F)CC3)c3c(N)ncnn23)cc1C(=O)NC1CN(C=O)CC1F. The number of likely N-dealkylation sites (tertiary alicyclic amines) is 2. The van der Waals surface area contributed by atoms with Crippen LogP contribution in [0.3, 0.4) is 0 Å². The Bertz CT molecular complexity index is 1340. The number of carbonyl (C=O) groups is 2. The lowest BCUT2D eigenvalue weighted by Gasteiger charge is -2.31. The number of aryl methyl sites for hydroxylation is 1. The molecule has 12 heteroatoms. The van der Waals surface area contributed by atoms with Crippen LogP contribution < -0.4 is 11.1 Å². The van der Waals surface area contributed by atoms with E-state index in [0.29, 0.717) is 40.9 Å². The molecule has 2 aromatic heterocycles. The first-order chi connectivity index (χ1) is 17.6. The lowest BCUT2D eigenvalue weighted by atomic mass is 10.0. The zero-order valence-electron chi connectivity index (χ0n) is 20.3. The number of nitrogen functional groups attached to an aromatic ring is 1. The second-order valence-corrected chi connectivity index (χ2v) is 9.78. The largest absolute Gasteiger partial charge is 0.382 e. The molecular formula is C25H28F3N7O2. The Kier molecular flexibility index (Phi) is 6.52. The van der Waals surface area contributed by atoms with Crippen LogP contribution in [-0.2, 0) is 11.3 Å². The minimum atomic E-state index is -2.64. The molecule has 3 N–H and O–H groups in total. The van der Waals surface area contributed by atoms with E-state index in [1.807, 2.05) is 17.0 Å². The Labute approximate surface area is 211 Å². The summed E-state index contributed by atoms with van der Waals surface area (Å²) in [5, 5.41) is 7.07.